The van der Waals surface area contributed by atoms with E-state index < -0.39 is 13.7 Å². The summed E-state index contributed by atoms with van der Waals surface area (Å²) in [5.41, 5.74) is 0.771. The summed E-state index contributed by atoms with van der Waals surface area (Å²) in [6, 6.07) is 1.19. The number of rotatable bonds is 8. The van der Waals surface area contributed by atoms with Crippen molar-refractivity contribution in [3.63, 3.8) is 0 Å². The van der Waals surface area contributed by atoms with Gasteiger partial charge in [-0.05, 0) is 45.6 Å². The Kier molecular flexibility index (Phi) is 8.86. The van der Waals surface area contributed by atoms with Crippen molar-refractivity contribution in [2.45, 2.75) is 71.6 Å². The van der Waals surface area contributed by atoms with Gasteiger partial charge in [0.2, 0.25) is 0 Å². The highest BCUT2D eigenvalue weighted by Gasteiger charge is 2.28. The van der Waals surface area contributed by atoms with Gasteiger partial charge in [0, 0.05) is 60.5 Å². The molecule has 1 aromatic rings. The number of anilines is 1. The zero-order valence-corrected chi connectivity index (χ0v) is 22.7. The van der Waals surface area contributed by atoms with Gasteiger partial charge in [-0.3, -0.25) is 4.90 Å². The molecule has 0 aromatic carbocycles. The second kappa shape index (κ2) is 11.2. The molecule has 2 fully saturated rings. The van der Waals surface area contributed by atoms with Crippen LogP contribution in [0.3, 0.4) is 0 Å². The molecule has 33 heavy (non-hydrogen) atoms. The number of carbonyl (C=O) groups is 1. The smallest absolute Gasteiger partial charge is 0.410 e. The quantitative estimate of drug-likeness (QED) is 0.415. The van der Waals surface area contributed by atoms with Gasteiger partial charge in [0.25, 0.3) is 0 Å². The first-order chi connectivity index (χ1) is 15.5. The maximum absolute atomic E-state index is 12.3. The topological polar surface area (TPSA) is 63.1 Å². The largest absolute Gasteiger partial charge is 0.444 e. The minimum atomic E-state index is -1.05. The summed E-state index contributed by atoms with van der Waals surface area (Å²) in [5.74, 6) is 0.717. The molecule has 3 rings (SSSR count). The first-order valence-corrected chi connectivity index (χ1v) is 16.2. The van der Waals surface area contributed by atoms with Crippen molar-refractivity contribution in [3.8, 4) is 0 Å². The van der Waals surface area contributed by atoms with Crippen LogP contribution in [-0.2, 0) is 16.2 Å². The molecule has 1 amide bonds. The fraction of sp³-hybridized carbons (Fsp3) is 0.833. The van der Waals surface area contributed by atoms with Gasteiger partial charge in [0.15, 0.2) is 0 Å². The zero-order valence-electron chi connectivity index (χ0n) is 21.7. The predicted octanol–water partition coefficient (Wildman–Crippen LogP) is 3.96. The summed E-state index contributed by atoms with van der Waals surface area (Å²) in [5, 5.41) is 4.49. The summed E-state index contributed by atoms with van der Waals surface area (Å²) in [7, 11) is -1.05. The average molecular weight is 480 g/mol. The van der Waals surface area contributed by atoms with E-state index in [1.54, 1.807) is 0 Å². The Hall–Kier alpha value is -1.58. The molecular weight excluding hydrogens is 434 g/mol. The molecular formula is C24H45N5O3Si. The highest BCUT2D eigenvalue weighted by molar-refractivity contribution is 6.76. The van der Waals surface area contributed by atoms with Crippen LogP contribution in [-0.4, -0.2) is 91.8 Å². The highest BCUT2D eigenvalue weighted by atomic mass is 28.3. The molecule has 0 unspecified atom stereocenters. The van der Waals surface area contributed by atoms with Gasteiger partial charge >= 0.3 is 6.09 Å². The molecule has 2 aliphatic rings. The number of hydrogen-bond donors (Lipinski definition) is 0. The Labute approximate surface area is 201 Å². The van der Waals surface area contributed by atoms with E-state index in [4.69, 9.17) is 9.47 Å². The third-order valence-corrected chi connectivity index (χ3v) is 8.06. The number of piperazine rings is 1. The molecule has 0 aliphatic carbocycles. The normalized spacial score (nSPS) is 19.2. The van der Waals surface area contributed by atoms with Gasteiger partial charge in [-0.1, -0.05) is 19.6 Å². The van der Waals surface area contributed by atoms with E-state index in [0.29, 0.717) is 12.6 Å². The molecule has 0 atom stereocenters. The first-order valence-electron chi connectivity index (χ1n) is 12.5. The molecule has 0 saturated carbocycles. The third kappa shape index (κ3) is 8.94. The van der Waals surface area contributed by atoms with E-state index >= 15 is 0 Å². The van der Waals surface area contributed by atoms with Crippen LogP contribution < -0.4 is 4.90 Å². The van der Waals surface area contributed by atoms with Gasteiger partial charge in [-0.15, -0.1) is 0 Å². The van der Waals surface area contributed by atoms with Crippen molar-refractivity contribution >= 4 is 19.9 Å². The molecule has 0 bridgehead atoms. The Bertz CT molecular complexity index is 742. The van der Waals surface area contributed by atoms with Crippen LogP contribution in [0.5, 0.6) is 0 Å². The first kappa shape index (κ1) is 26.0. The maximum Gasteiger partial charge on any atom is 0.410 e. The van der Waals surface area contributed by atoms with Gasteiger partial charge in [0.05, 0.1) is 18.1 Å². The lowest BCUT2D eigenvalue weighted by Gasteiger charge is -2.39. The Morgan fingerprint density at radius 3 is 2.36 bits per heavy atom. The molecule has 0 radical (unpaired) electrons. The molecule has 0 spiro atoms. The number of aromatic nitrogens is 2. The lowest BCUT2D eigenvalue weighted by Crippen LogP contribution is -2.51. The van der Waals surface area contributed by atoms with Crippen molar-refractivity contribution in [1.29, 1.82) is 0 Å². The van der Waals surface area contributed by atoms with Crippen LogP contribution in [0.25, 0.3) is 0 Å². The second-order valence-electron chi connectivity index (χ2n) is 11.8. The molecule has 8 nitrogen and oxygen atoms in total. The number of amides is 1. The lowest BCUT2D eigenvalue weighted by atomic mass is 9.95. The number of hydrogen-bond acceptors (Lipinski definition) is 6. The van der Waals surface area contributed by atoms with Crippen molar-refractivity contribution in [1.82, 2.24) is 19.6 Å². The standard InChI is InChI=1S/C24H45N5O3Si/c1-24(2,3)32-23(30)28-13-11-26(12-14-28)18-21-7-9-27(10-8-21)22-17-25-29(19-22)20-31-15-16-33(4,5)6/h17,19,21H,7-16,18,20H2,1-6H3. The van der Waals surface area contributed by atoms with Gasteiger partial charge < -0.3 is 19.3 Å². The SMILES string of the molecule is CC(C)(C)OC(=O)N1CCN(CC2CCN(c3cnn(COCC[Si](C)(C)C)c3)CC2)CC1. The van der Waals surface area contributed by atoms with Crippen LogP contribution in [0, 0.1) is 5.92 Å². The van der Waals surface area contributed by atoms with Gasteiger partial charge in [-0.2, -0.15) is 5.10 Å². The monoisotopic (exact) mass is 479 g/mol. The molecule has 188 valence electrons. The number of nitrogens with zero attached hydrogens (tertiary/aromatic N) is 5. The van der Waals surface area contributed by atoms with Crippen molar-refractivity contribution in [3.05, 3.63) is 12.4 Å². The molecule has 3 heterocycles. The van der Waals surface area contributed by atoms with E-state index in [0.717, 1.165) is 52.4 Å². The number of piperidine rings is 1. The second-order valence-corrected chi connectivity index (χ2v) is 17.4. The minimum Gasteiger partial charge on any atom is -0.444 e. The fourth-order valence-corrected chi connectivity index (χ4v) is 5.06. The number of carbonyl (C=O) groups excluding carboxylic acids is 1. The lowest BCUT2D eigenvalue weighted by molar-refractivity contribution is 0.0130. The molecule has 2 saturated heterocycles. The summed E-state index contributed by atoms with van der Waals surface area (Å²) in [4.78, 5) is 19.1. The fourth-order valence-electron chi connectivity index (χ4n) is 4.30. The zero-order chi connectivity index (χ0) is 24.1. The number of ether oxygens (including phenoxy) is 2. The molecule has 1 aromatic heterocycles. The van der Waals surface area contributed by atoms with E-state index in [1.807, 2.05) is 36.5 Å². The van der Waals surface area contributed by atoms with E-state index in [9.17, 15) is 4.79 Å². The molecule has 2 aliphatic heterocycles. The van der Waals surface area contributed by atoms with Crippen LogP contribution in [0.1, 0.15) is 33.6 Å². The summed E-state index contributed by atoms with van der Waals surface area (Å²) in [6.07, 6.45) is 6.30. The van der Waals surface area contributed by atoms with Crippen LogP contribution in [0.4, 0.5) is 10.5 Å². The van der Waals surface area contributed by atoms with E-state index in [1.165, 1.54) is 24.6 Å². The molecule has 0 N–H and O–H groups in total. The summed E-state index contributed by atoms with van der Waals surface area (Å²) < 4.78 is 13.2. The molecule has 9 heteroatoms. The van der Waals surface area contributed by atoms with Crippen molar-refractivity contribution in [2.24, 2.45) is 5.92 Å². The highest BCUT2D eigenvalue weighted by Crippen LogP contribution is 2.24. The van der Waals surface area contributed by atoms with E-state index in [2.05, 4.69) is 40.7 Å². The Balaban J connectivity index is 1.34. The summed E-state index contributed by atoms with van der Waals surface area (Å²) in [6.45, 7) is 20.9. The van der Waals surface area contributed by atoms with Crippen LogP contribution in [0.15, 0.2) is 12.4 Å². The van der Waals surface area contributed by atoms with Crippen LogP contribution in [0.2, 0.25) is 25.7 Å². The van der Waals surface area contributed by atoms with E-state index in [-0.39, 0.29) is 6.09 Å². The Morgan fingerprint density at radius 2 is 1.76 bits per heavy atom. The van der Waals surface area contributed by atoms with Gasteiger partial charge in [-0.25, -0.2) is 9.48 Å². The van der Waals surface area contributed by atoms with Crippen LogP contribution >= 0.6 is 0 Å². The maximum atomic E-state index is 12.3. The Morgan fingerprint density at radius 1 is 1.09 bits per heavy atom. The van der Waals surface area contributed by atoms with Gasteiger partial charge in [0.1, 0.15) is 12.3 Å². The predicted molar refractivity (Wildman–Crippen MR) is 136 cm³/mol. The summed E-state index contributed by atoms with van der Waals surface area (Å²) >= 11 is 0. The third-order valence-electron chi connectivity index (χ3n) is 6.36. The minimum absolute atomic E-state index is 0.183. The van der Waals surface area contributed by atoms with Crippen molar-refractivity contribution < 1.29 is 14.3 Å². The average Bonchev–Trinajstić information content (AvgIpc) is 3.19. The van der Waals surface area contributed by atoms with Crippen molar-refractivity contribution in [2.75, 3.05) is 57.3 Å².